The van der Waals surface area contributed by atoms with Crippen LogP contribution in [0.3, 0.4) is 0 Å². The highest BCUT2D eigenvalue weighted by Crippen LogP contribution is 2.28. The molecule has 1 atom stereocenters. The number of amides is 1. The number of thiazole rings is 1. The minimum atomic E-state index is -0.156. The lowest BCUT2D eigenvalue weighted by molar-refractivity contribution is -0.115. The second-order valence-electron chi connectivity index (χ2n) is 6.18. The zero-order chi connectivity index (χ0) is 19.2. The van der Waals surface area contributed by atoms with Crippen LogP contribution >= 0.6 is 23.1 Å². The lowest BCUT2D eigenvalue weighted by Gasteiger charge is -2.11. The van der Waals surface area contributed by atoms with Crippen molar-refractivity contribution in [3.63, 3.8) is 0 Å². The van der Waals surface area contributed by atoms with Gasteiger partial charge in [0.25, 0.3) is 0 Å². The Balaban J connectivity index is 1.55. The molecule has 1 heterocycles. The number of methoxy groups -OCH3 is 1. The lowest BCUT2D eigenvalue weighted by Crippen LogP contribution is -2.22. The van der Waals surface area contributed by atoms with Gasteiger partial charge >= 0.3 is 0 Å². The molecule has 1 unspecified atom stereocenters. The maximum Gasteiger partial charge on any atom is 0.237 e. The number of anilines is 1. The molecule has 0 aliphatic rings. The summed E-state index contributed by atoms with van der Waals surface area (Å²) in [6.45, 7) is 3.93. The minimum Gasteiger partial charge on any atom is -0.497 e. The minimum absolute atomic E-state index is 0.0104. The maximum absolute atomic E-state index is 12.4. The molecule has 0 saturated carbocycles. The number of hydrogen-bond donors (Lipinski definition) is 1. The summed E-state index contributed by atoms with van der Waals surface area (Å²) in [5.41, 5.74) is 4.03. The van der Waals surface area contributed by atoms with E-state index < -0.39 is 0 Å². The molecule has 6 heteroatoms. The average molecular weight is 399 g/mol. The molecule has 4 nitrogen and oxygen atoms in total. The van der Waals surface area contributed by atoms with Gasteiger partial charge < -0.3 is 10.1 Å². The number of benzene rings is 2. The highest BCUT2D eigenvalue weighted by atomic mass is 32.2. The van der Waals surface area contributed by atoms with Crippen LogP contribution in [0.2, 0.25) is 0 Å². The average Bonchev–Trinajstić information content (AvgIpc) is 3.15. The number of ether oxygens (including phenoxy) is 1. The Morgan fingerprint density at radius 1 is 1.26 bits per heavy atom. The summed E-state index contributed by atoms with van der Waals surface area (Å²) in [6, 6.07) is 15.7. The van der Waals surface area contributed by atoms with Gasteiger partial charge in [-0.05, 0) is 55.8 Å². The monoisotopic (exact) mass is 398 g/mol. The number of aromatic nitrogens is 1. The molecular formula is C21H22N2O2S2. The van der Waals surface area contributed by atoms with Crippen LogP contribution in [0.5, 0.6) is 5.75 Å². The van der Waals surface area contributed by atoms with Crippen molar-refractivity contribution >= 4 is 34.7 Å². The quantitative estimate of drug-likeness (QED) is 0.580. The normalized spacial score (nSPS) is 11.8. The van der Waals surface area contributed by atoms with Crippen LogP contribution < -0.4 is 10.1 Å². The predicted molar refractivity (Wildman–Crippen MR) is 115 cm³/mol. The Kier molecular flexibility index (Phi) is 6.53. The van der Waals surface area contributed by atoms with Crippen LogP contribution in [0.15, 0.2) is 53.9 Å². The molecule has 1 aromatic heterocycles. The first-order chi connectivity index (χ1) is 13.0. The van der Waals surface area contributed by atoms with Crippen LogP contribution in [0.4, 0.5) is 5.69 Å². The van der Waals surface area contributed by atoms with Gasteiger partial charge in [-0.3, -0.25) is 4.79 Å². The number of aryl methyl sites for hydroxylation is 1. The van der Waals surface area contributed by atoms with Crippen molar-refractivity contribution in [1.29, 1.82) is 0 Å². The lowest BCUT2D eigenvalue weighted by atomic mass is 10.2. The van der Waals surface area contributed by atoms with E-state index in [4.69, 9.17) is 4.74 Å². The molecule has 0 fully saturated rings. The SMILES string of the molecule is COc1ccc(-c2nc(CSC(C)C(=O)Nc3cccc(C)c3)cs2)cc1. The van der Waals surface area contributed by atoms with Gasteiger partial charge in [0.2, 0.25) is 5.91 Å². The first-order valence-electron chi connectivity index (χ1n) is 8.63. The number of rotatable bonds is 7. The smallest absolute Gasteiger partial charge is 0.237 e. The van der Waals surface area contributed by atoms with Gasteiger partial charge in [0, 0.05) is 22.4 Å². The number of nitrogens with zero attached hydrogens (tertiary/aromatic N) is 1. The molecule has 0 bridgehead atoms. The molecule has 1 amide bonds. The van der Waals surface area contributed by atoms with Crippen molar-refractivity contribution in [2.24, 2.45) is 0 Å². The summed E-state index contributed by atoms with van der Waals surface area (Å²) in [5, 5.41) is 5.85. The highest BCUT2D eigenvalue weighted by Gasteiger charge is 2.15. The second kappa shape index (κ2) is 9.06. The van der Waals surface area contributed by atoms with Crippen LogP contribution in [0.25, 0.3) is 10.6 Å². The zero-order valence-electron chi connectivity index (χ0n) is 15.6. The third-order valence-corrected chi connectivity index (χ3v) is 6.14. The van der Waals surface area contributed by atoms with Crippen molar-refractivity contribution < 1.29 is 9.53 Å². The van der Waals surface area contributed by atoms with Gasteiger partial charge in [0.05, 0.1) is 18.1 Å². The van der Waals surface area contributed by atoms with Crippen molar-refractivity contribution in [2.45, 2.75) is 24.9 Å². The largest absolute Gasteiger partial charge is 0.497 e. The summed E-state index contributed by atoms with van der Waals surface area (Å²) >= 11 is 3.20. The molecule has 3 aromatic rings. The zero-order valence-corrected chi connectivity index (χ0v) is 17.2. The molecule has 0 aliphatic heterocycles. The summed E-state index contributed by atoms with van der Waals surface area (Å²) < 4.78 is 5.19. The maximum atomic E-state index is 12.4. The fraction of sp³-hybridized carbons (Fsp3) is 0.238. The topological polar surface area (TPSA) is 51.2 Å². The number of carbonyl (C=O) groups excluding carboxylic acids is 1. The van der Waals surface area contributed by atoms with Crippen LogP contribution in [0, 0.1) is 6.92 Å². The molecule has 140 valence electrons. The Morgan fingerprint density at radius 2 is 2.04 bits per heavy atom. The summed E-state index contributed by atoms with van der Waals surface area (Å²) in [6.07, 6.45) is 0. The predicted octanol–water partition coefficient (Wildman–Crippen LogP) is 5.39. The van der Waals surface area contributed by atoms with Gasteiger partial charge in [-0.2, -0.15) is 0 Å². The Hall–Kier alpha value is -2.31. The second-order valence-corrected chi connectivity index (χ2v) is 8.37. The van der Waals surface area contributed by atoms with Crippen LogP contribution in [-0.4, -0.2) is 23.3 Å². The van der Waals surface area contributed by atoms with E-state index in [1.165, 1.54) is 0 Å². The van der Waals surface area contributed by atoms with Gasteiger partial charge in [-0.1, -0.05) is 12.1 Å². The number of hydrogen-bond acceptors (Lipinski definition) is 5. The molecular weight excluding hydrogens is 376 g/mol. The van der Waals surface area contributed by atoms with Crippen molar-refractivity contribution in [1.82, 2.24) is 4.98 Å². The van der Waals surface area contributed by atoms with Gasteiger partial charge in [-0.25, -0.2) is 4.98 Å². The molecule has 0 saturated heterocycles. The summed E-state index contributed by atoms with van der Waals surface area (Å²) in [5.74, 6) is 1.55. The van der Waals surface area contributed by atoms with E-state index in [2.05, 4.69) is 15.7 Å². The van der Waals surface area contributed by atoms with E-state index in [0.717, 1.165) is 33.3 Å². The van der Waals surface area contributed by atoms with E-state index in [0.29, 0.717) is 5.75 Å². The standard InChI is InChI=1S/C21H22N2O2S2/c1-14-5-4-6-17(11-14)22-20(24)15(2)26-12-18-13-27-21(23-18)16-7-9-19(25-3)10-8-16/h4-11,13,15H,12H2,1-3H3,(H,22,24). The van der Waals surface area contributed by atoms with Crippen molar-refractivity contribution in [2.75, 3.05) is 12.4 Å². The molecule has 2 aromatic carbocycles. The van der Waals surface area contributed by atoms with E-state index in [-0.39, 0.29) is 11.2 Å². The van der Waals surface area contributed by atoms with Gasteiger partial charge in [0.1, 0.15) is 10.8 Å². The molecule has 1 N–H and O–H groups in total. The van der Waals surface area contributed by atoms with Crippen LogP contribution in [-0.2, 0) is 10.5 Å². The third-order valence-electron chi connectivity index (χ3n) is 4.02. The molecule has 0 radical (unpaired) electrons. The number of nitrogens with one attached hydrogen (secondary N) is 1. The van der Waals surface area contributed by atoms with Crippen LogP contribution in [0.1, 0.15) is 18.2 Å². The molecule has 27 heavy (non-hydrogen) atoms. The first kappa shape index (κ1) is 19.5. The van der Waals surface area contributed by atoms with E-state index >= 15 is 0 Å². The Morgan fingerprint density at radius 3 is 2.74 bits per heavy atom. The van der Waals surface area contributed by atoms with E-state index in [1.54, 1.807) is 30.2 Å². The van der Waals surface area contributed by atoms with Gasteiger partial charge in [0.15, 0.2) is 0 Å². The summed E-state index contributed by atoms with van der Waals surface area (Å²) in [4.78, 5) is 17.1. The molecule has 0 aliphatic carbocycles. The first-order valence-corrected chi connectivity index (χ1v) is 10.6. The number of thioether (sulfide) groups is 1. The molecule has 0 spiro atoms. The fourth-order valence-corrected chi connectivity index (χ4v) is 4.20. The van der Waals surface area contributed by atoms with E-state index in [9.17, 15) is 4.79 Å². The van der Waals surface area contributed by atoms with Crippen molar-refractivity contribution in [3.05, 3.63) is 65.2 Å². The molecule has 3 rings (SSSR count). The Labute approximate surface area is 168 Å². The number of carbonyl (C=O) groups is 1. The van der Waals surface area contributed by atoms with Crippen molar-refractivity contribution in [3.8, 4) is 16.3 Å². The van der Waals surface area contributed by atoms with Gasteiger partial charge in [-0.15, -0.1) is 23.1 Å². The highest BCUT2D eigenvalue weighted by molar-refractivity contribution is 7.99. The third kappa shape index (κ3) is 5.34. The Bertz CT molecular complexity index is 907. The fourth-order valence-electron chi connectivity index (χ4n) is 2.49. The summed E-state index contributed by atoms with van der Waals surface area (Å²) in [7, 11) is 1.66. The van der Waals surface area contributed by atoms with E-state index in [1.807, 2.05) is 62.4 Å².